The van der Waals surface area contributed by atoms with Crippen molar-refractivity contribution in [3.05, 3.63) is 51.7 Å². The summed E-state index contributed by atoms with van der Waals surface area (Å²) in [5, 5.41) is 18.1. The predicted molar refractivity (Wildman–Crippen MR) is 116 cm³/mol. The van der Waals surface area contributed by atoms with Gasteiger partial charge in [-0.3, -0.25) is 19.7 Å². The van der Waals surface area contributed by atoms with Crippen molar-refractivity contribution in [2.24, 2.45) is 0 Å². The molecule has 1 aromatic heterocycles. The highest BCUT2D eigenvalue weighted by Crippen LogP contribution is 2.28. The molecule has 1 heterocycles. The van der Waals surface area contributed by atoms with E-state index in [1.807, 2.05) is 20.8 Å². The van der Waals surface area contributed by atoms with Crippen LogP contribution in [-0.2, 0) is 26.2 Å². The van der Waals surface area contributed by atoms with Crippen molar-refractivity contribution < 1.29 is 23.8 Å². The lowest BCUT2D eigenvalue weighted by atomic mass is 9.96. The normalized spacial score (nSPS) is 12.4. The lowest BCUT2D eigenvalue weighted by Gasteiger charge is -2.19. The van der Waals surface area contributed by atoms with Gasteiger partial charge in [0.1, 0.15) is 0 Å². The van der Waals surface area contributed by atoms with E-state index < -0.39 is 16.9 Å². The highest BCUT2D eigenvalue weighted by Gasteiger charge is 2.26. The molecule has 2 rings (SSSR count). The van der Waals surface area contributed by atoms with E-state index >= 15 is 0 Å². The van der Waals surface area contributed by atoms with Crippen LogP contribution in [0.15, 0.2) is 28.8 Å². The van der Waals surface area contributed by atoms with Gasteiger partial charge in [-0.2, -0.15) is 4.98 Å². The Morgan fingerprint density at radius 3 is 2.53 bits per heavy atom. The Labute approximate surface area is 186 Å². The first-order valence-electron chi connectivity index (χ1n) is 10.5. The molecular weight excluding hydrogens is 416 g/mol. The number of ether oxygens (including phenoxy) is 1. The lowest BCUT2D eigenvalue weighted by Crippen LogP contribution is -2.31. The quantitative estimate of drug-likeness (QED) is 0.330. The number of aromatic nitrogens is 2. The Hall–Kier alpha value is -3.30. The Morgan fingerprint density at radius 2 is 1.94 bits per heavy atom. The number of carbonyl (C=O) groups excluding carboxylic acids is 2. The predicted octanol–water partition coefficient (Wildman–Crippen LogP) is 3.80. The molecule has 0 saturated heterocycles. The molecule has 1 amide bonds. The van der Waals surface area contributed by atoms with Crippen LogP contribution in [0.3, 0.4) is 0 Å². The number of nitrogens with zero attached hydrogens (tertiary/aromatic N) is 3. The van der Waals surface area contributed by atoms with E-state index in [1.165, 1.54) is 18.2 Å². The van der Waals surface area contributed by atoms with Crippen molar-refractivity contribution in [2.45, 2.75) is 77.9 Å². The Morgan fingerprint density at radius 1 is 1.25 bits per heavy atom. The molecule has 1 aromatic carbocycles. The summed E-state index contributed by atoms with van der Waals surface area (Å²) < 4.78 is 10.4. The van der Waals surface area contributed by atoms with Crippen molar-refractivity contribution in [3.63, 3.8) is 0 Å². The van der Waals surface area contributed by atoms with Crippen LogP contribution >= 0.6 is 0 Å². The largest absolute Gasteiger partial charge is 0.463 e. The van der Waals surface area contributed by atoms with Crippen LogP contribution in [0.2, 0.25) is 0 Å². The third-order valence-electron chi connectivity index (χ3n) is 4.52. The molecule has 10 heteroatoms. The summed E-state index contributed by atoms with van der Waals surface area (Å²) in [6.45, 7) is 9.34. The lowest BCUT2D eigenvalue weighted by molar-refractivity contribution is -0.385. The summed E-state index contributed by atoms with van der Waals surface area (Å²) in [7, 11) is 0. The molecule has 0 aliphatic heterocycles. The summed E-state index contributed by atoms with van der Waals surface area (Å²) in [6, 6.07) is 5.13. The van der Waals surface area contributed by atoms with E-state index in [-0.39, 0.29) is 41.5 Å². The average Bonchev–Trinajstić information content (AvgIpc) is 3.16. The van der Waals surface area contributed by atoms with Crippen molar-refractivity contribution in [1.82, 2.24) is 15.5 Å². The number of carbonyl (C=O) groups is 2. The minimum Gasteiger partial charge on any atom is -0.463 e. The zero-order valence-electron chi connectivity index (χ0n) is 19.1. The molecule has 32 heavy (non-hydrogen) atoms. The number of benzene rings is 1. The highest BCUT2D eigenvalue weighted by atomic mass is 16.6. The van der Waals surface area contributed by atoms with Crippen LogP contribution in [0.5, 0.6) is 0 Å². The first-order chi connectivity index (χ1) is 15.0. The number of rotatable bonds is 10. The molecule has 174 valence electrons. The molecule has 1 unspecified atom stereocenters. The van der Waals surface area contributed by atoms with E-state index in [0.717, 1.165) is 0 Å². The Bertz CT molecular complexity index is 948. The minimum absolute atomic E-state index is 0.129. The zero-order valence-corrected chi connectivity index (χ0v) is 19.1. The van der Waals surface area contributed by atoms with Gasteiger partial charge in [0.15, 0.2) is 5.82 Å². The number of nitro groups is 1. The molecule has 0 fully saturated rings. The van der Waals surface area contributed by atoms with E-state index in [4.69, 9.17) is 9.26 Å². The molecule has 0 bridgehead atoms. The van der Waals surface area contributed by atoms with Crippen molar-refractivity contribution in [1.29, 1.82) is 0 Å². The number of hydrogen-bond acceptors (Lipinski definition) is 8. The van der Waals surface area contributed by atoms with E-state index in [2.05, 4.69) is 15.5 Å². The van der Waals surface area contributed by atoms with Gasteiger partial charge >= 0.3 is 5.97 Å². The standard InChI is InChI=1S/C22H30N4O6/c1-14(2)31-20(28)13-16(15-9-6-7-10-17(15)26(29)30)23-18(27)11-8-12-19-24-21(25-32-19)22(3,4)5/h6-7,9-10,14,16H,8,11-13H2,1-5H3,(H,23,27). The first-order valence-corrected chi connectivity index (χ1v) is 10.5. The summed E-state index contributed by atoms with van der Waals surface area (Å²) in [6.07, 6.45) is 0.438. The third-order valence-corrected chi connectivity index (χ3v) is 4.52. The molecular formula is C22H30N4O6. The van der Waals surface area contributed by atoms with Gasteiger partial charge in [0.05, 0.1) is 29.1 Å². The van der Waals surface area contributed by atoms with Crippen molar-refractivity contribution in [2.75, 3.05) is 0 Å². The molecule has 2 aromatic rings. The van der Waals surface area contributed by atoms with Gasteiger partial charge in [-0.1, -0.05) is 44.1 Å². The maximum atomic E-state index is 12.6. The van der Waals surface area contributed by atoms with E-state index in [9.17, 15) is 19.7 Å². The number of nitrogens with one attached hydrogen (secondary N) is 1. The molecule has 0 spiro atoms. The molecule has 0 aliphatic carbocycles. The van der Waals surface area contributed by atoms with E-state index in [1.54, 1.807) is 19.9 Å². The van der Waals surface area contributed by atoms with Gasteiger partial charge < -0.3 is 14.6 Å². The number of amides is 1. The fraction of sp³-hybridized carbons (Fsp3) is 0.545. The number of hydrogen-bond donors (Lipinski definition) is 1. The fourth-order valence-corrected chi connectivity index (χ4v) is 2.99. The van der Waals surface area contributed by atoms with Crippen LogP contribution in [-0.4, -0.2) is 33.0 Å². The van der Waals surface area contributed by atoms with Gasteiger partial charge in [-0.25, -0.2) is 0 Å². The minimum atomic E-state index is -0.883. The zero-order chi connectivity index (χ0) is 23.9. The SMILES string of the molecule is CC(C)OC(=O)CC(NC(=O)CCCc1nc(C(C)(C)C)no1)c1ccccc1[N+](=O)[O-]. The van der Waals surface area contributed by atoms with Crippen LogP contribution < -0.4 is 5.32 Å². The monoisotopic (exact) mass is 446 g/mol. The Balaban J connectivity index is 2.05. The smallest absolute Gasteiger partial charge is 0.308 e. The summed E-state index contributed by atoms with van der Waals surface area (Å²) in [5.74, 6) is 0.139. The second-order valence-corrected chi connectivity index (χ2v) is 8.79. The second-order valence-electron chi connectivity index (χ2n) is 8.79. The molecule has 10 nitrogen and oxygen atoms in total. The van der Waals surface area contributed by atoms with Gasteiger partial charge in [0, 0.05) is 24.3 Å². The van der Waals surface area contributed by atoms with Crippen LogP contribution in [0.4, 0.5) is 5.69 Å². The number of nitro benzene ring substituents is 1. The summed E-state index contributed by atoms with van der Waals surface area (Å²) in [5.41, 5.74) is -0.157. The molecule has 0 aliphatic rings. The first kappa shape index (κ1) is 25.0. The highest BCUT2D eigenvalue weighted by molar-refractivity contribution is 5.78. The molecule has 0 radical (unpaired) electrons. The van der Waals surface area contributed by atoms with E-state index in [0.29, 0.717) is 24.6 Å². The Kier molecular flexibility index (Phi) is 8.45. The van der Waals surface area contributed by atoms with Gasteiger partial charge in [-0.15, -0.1) is 0 Å². The number of para-hydroxylation sites is 1. The van der Waals surface area contributed by atoms with Crippen molar-refractivity contribution in [3.8, 4) is 0 Å². The molecule has 0 saturated carbocycles. The molecule has 1 atom stereocenters. The second kappa shape index (κ2) is 10.8. The average molecular weight is 447 g/mol. The van der Waals surface area contributed by atoms with Crippen LogP contribution in [0.1, 0.15) is 77.2 Å². The maximum absolute atomic E-state index is 12.6. The maximum Gasteiger partial charge on any atom is 0.308 e. The number of aryl methyl sites for hydroxylation is 1. The summed E-state index contributed by atoms with van der Waals surface area (Å²) in [4.78, 5) is 40.0. The topological polar surface area (TPSA) is 137 Å². The van der Waals surface area contributed by atoms with Gasteiger partial charge in [0.25, 0.3) is 5.69 Å². The number of esters is 1. The van der Waals surface area contributed by atoms with Crippen LogP contribution in [0, 0.1) is 10.1 Å². The van der Waals surface area contributed by atoms with Gasteiger partial charge in [0.2, 0.25) is 11.8 Å². The third kappa shape index (κ3) is 7.44. The van der Waals surface area contributed by atoms with Crippen LogP contribution in [0.25, 0.3) is 0 Å². The van der Waals surface area contributed by atoms with Gasteiger partial charge in [-0.05, 0) is 20.3 Å². The summed E-state index contributed by atoms with van der Waals surface area (Å²) >= 11 is 0. The van der Waals surface area contributed by atoms with Crippen molar-refractivity contribution >= 4 is 17.6 Å². The molecule has 1 N–H and O–H groups in total. The fourth-order valence-electron chi connectivity index (χ4n) is 2.99.